The van der Waals surface area contributed by atoms with Crippen molar-refractivity contribution in [2.45, 2.75) is 31.3 Å². The average Bonchev–Trinajstić information content (AvgIpc) is 2.52. The topological polar surface area (TPSA) is 20.3 Å². The van der Waals surface area contributed by atoms with E-state index in [0.29, 0.717) is 12.3 Å². The summed E-state index contributed by atoms with van der Waals surface area (Å²) in [4.78, 5) is 15.2. The number of nitrogens with zero attached hydrogens (tertiary/aromatic N) is 1. The fourth-order valence-corrected chi connectivity index (χ4v) is 2.88. The standard InChI is InChI=1S/C18H20FNOS/c1-14(2)20(12-15-6-4-3-5-7-15)18(21)13-22-17-10-8-16(19)9-11-17/h3-11,14H,12-13H2,1-2H3. The van der Waals surface area contributed by atoms with Gasteiger partial charge in [0, 0.05) is 17.5 Å². The molecule has 2 nitrogen and oxygen atoms in total. The Morgan fingerprint density at radius 1 is 1.09 bits per heavy atom. The molecular weight excluding hydrogens is 297 g/mol. The van der Waals surface area contributed by atoms with Gasteiger partial charge in [0.2, 0.25) is 5.91 Å². The number of carbonyl (C=O) groups excluding carboxylic acids is 1. The van der Waals surface area contributed by atoms with E-state index >= 15 is 0 Å². The third-order valence-electron chi connectivity index (χ3n) is 3.32. The molecule has 0 unspecified atom stereocenters. The molecule has 0 bridgehead atoms. The van der Waals surface area contributed by atoms with Gasteiger partial charge in [-0.25, -0.2) is 4.39 Å². The third-order valence-corrected chi connectivity index (χ3v) is 4.31. The number of hydrogen-bond acceptors (Lipinski definition) is 2. The van der Waals surface area contributed by atoms with Crippen LogP contribution in [0.5, 0.6) is 0 Å². The summed E-state index contributed by atoms with van der Waals surface area (Å²) in [6.07, 6.45) is 0. The van der Waals surface area contributed by atoms with Gasteiger partial charge >= 0.3 is 0 Å². The zero-order chi connectivity index (χ0) is 15.9. The number of rotatable bonds is 6. The number of carbonyl (C=O) groups is 1. The molecule has 4 heteroatoms. The molecule has 0 fully saturated rings. The lowest BCUT2D eigenvalue weighted by Crippen LogP contribution is -2.37. The first-order chi connectivity index (χ1) is 10.6. The Bertz CT molecular complexity index is 598. The number of halogens is 1. The van der Waals surface area contributed by atoms with Crippen LogP contribution >= 0.6 is 11.8 Å². The number of thioether (sulfide) groups is 1. The number of amides is 1. The maximum Gasteiger partial charge on any atom is 0.233 e. The minimum absolute atomic E-state index is 0.0909. The van der Waals surface area contributed by atoms with Crippen LogP contribution in [-0.2, 0) is 11.3 Å². The lowest BCUT2D eigenvalue weighted by molar-refractivity contribution is -0.130. The summed E-state index contributed by atoms with van der Waals surface area (Å²) >= 11 is 1.44. The highest BCUT2D eigenvalue weighted by Crippen LogP contribution is 2.20. The molecule has 2 aromatic carbocycles. The molecule has 0 aliphatic heterocycles. The highest BCUT2D eigenvalue weighted by molar-refractivity contribution is 8.00. The Balaban J connectivity index is 1.96. The maximum absolute atomic E-state index is 12.9. The van der Waals surface area contributed by atoms with Gasteiger partial charge in [0.15, 0.2) is 0 Å². The first kappa shape index (κ1) is 16.6. The molecule has 0 saturated heterocycles. The SMILES string of the molecule is CC(C)N(Cc1ccccc1)C(=O)CSc1ccc(F)cc1. The molecule has 0 aliphatic carbocycles. The summed E-state index contributed by atoms with van der Waals surface area (Å²) in [7, 11) is 0. The van der Waals surface area contributed by atoms with Crippen molar-refractivity contribution in [1.29, 1.82) is 0 Å². The van der Waals surface area contributed by atoms with Crippen molar-refractivity contribution < 1.29 is 9.18 Å². The van der Waals surface area contributed by atoms with Crippen LogP contribution in [0.25, 0.3) is 0 Å². The predicted molar refractivity (Wildman–Crippen MR) is 89.3 cm³/mol. The van der Waals surface area contributed by atoms with Crippen LogP contribution in [0.3, 0.4) is 0 Å². The second kappa shape index (κ2) is 7.99. The molecule has 0 radical (unpaired) electrons. The summed E-state index contributed by atoms with van der Waals surface area (Å²) in [6, 6.07) is 16.3. The van der Waals surface area contributed by atoms with Crippen LogP contribution in [0, 0.1) is 5.82 Å². The van der Waals surface area contributed by atoms with Crippen LogP contribution < -0.4 is 0 Å². The van der Waals surface area contributed by atoms with E-state index in [1.165, 1.54) is 23.9 Å². The maximum atomic E-state index is 12.9. The Kier molecular flexibility index (Phi) is 6.01. The van der Waals surface area contributed by atoms with Gasteiger partial charge in [-0.05, 0) is 43.7 Å². The molecule has 22 heavy (non-hydrogen) atoms. The van der Waals surface area contributed by atoms with E-state index < -0.39 is 0 Å². The molecular formula is C18H20FNOS. The van der Waals surface area contributed by atoms with Gasteiger partial charge in [-0.2, -0.15) is 0 Å². The van der Waals surface area contributed by atoms with E-state index in [-0.39, 0.29) is 17.8 Å². The van der Waals surface area contributed by atoms with Gasteiger partial charge in [0.1, 0.15) is 5.82 Å². The molecule has 2 aromatic rings. The fraction of sp³-hybridized carbons (Fsp3) is 0.278. The molecule has 0 atom stereocenters. The molecule has 0 aliphatic rings. The van der Waals surface area contributed by atoms with Gasteiger partial charge in [-0.15, -0.1) is 11.8 Å². The van der Waals surface area contributed by atoms with Crippen molar-refractivity contribution in [2.75, 3.05) is 5.75 Å². The molecule has 0 saturated carbocycles. The summed E-state index contributed by atoms with van der Waals surface area (Å²) in [6.45, 7) is 4.65. The molecule has 0 N–H and O–H groups in total. The zero-order valence-electron chi connectivity index (χ0n) is 12.8. The van der Waals surface area contributed by atoms with E-state index in [1.807, 2.05) is 49.1 Å². The van der Waals surface area contributed by atoms with Gasteiger partial charge in [-0.3, -0.25) is 4.79 Å². The monoisotopic (exact) mass is 317 g/mol. The van der Waals surface area contributed by atoms with Crippen molar-refractivity contribution in [3.05, 3.63) is 66.0 Å². The second-order valence-corrected chi connectivity index (χ2v) is 6.39. The Morgan fingerprint density at radius 3 is 2.32 bits per heavy atom. The highest BCUT2D eigenvalue weighted by Gasteiger charge is 2.17. The van der Waals surface area contributed by atoms with E-state index in [2.05, 4.69) is 0 Å². The van der Waals surface area contributed by atoms with E-state index in [9.17, 15) is 9.18 Å². The molecule has 0 spiro atoms. The van der Waals surface area contributed by atoms with Gasteiger partial charge in [-0.1, -0.05) is 30.3 Å². The summed E-state index contributed by atoms with van der Waals surface area (Å²) in [5, 5.41) is 0. The van der Waals surface area contributed by atoms with Crippen LogP contribution in [-0.4, -0.2) is 22.6 Å². The van der Waals surface area contributed by atoms with E-state index in [0.717, 1.165) is 10.5 Å². The summed E-state index contributed by atoms with van der Waals surface area (Å²) in [5.41, 5.74) is 1.12. The Hall–Kier alpha value is -1.81. The molecule has 116 valence electrons. The normalized spacial score (nSPS) is 10.7. The average molecular weight is 317 g/mol. The second-order valence-electron chi connectivity index (χ2n) is 5.34. The van der Waals surface area contributed by atoms with Gasteiger partial charge < -0.3 is 4.90 Å². The molecule has 1 amide bonds. The lowest BCUT2D eigenvalue weighted by atomic mass is 10.2. The van der Waals surface area contributed by atoms with Gasteiger partial charge in [0.05, 0.1) is 5.75 Å². The third kappa shape index (κ3) is 4.88. The first-order valence-electron chi connectivity index (χ1n) is 7.28. The molecule has 0 heterocycles. The predicted octanol–water partition coefficient (Wildman–Crippen LogP) is 4.36. The van der Waals surface area contributed by atoms with Crippen LogP contribution in [0.2, 0.25) is 0 Å². The first-order valence-corrected chi connectivity index (χ1v) is 8.26. The van der Waals surface area contributed by atoms with Crippen molar-refractivity contribution in [3.63, 3.8) is 0 Å². The number of hydrogen-bond donors (Lipinski definition) is 0. The van der Waals surface area contributed by atoms with E-state index in [1.54, 1.807) is 12.1 Å². The largest absolute Gasteiger partial charge is 0.335 e. The van der Waals surface area contributed by atoms with Gasteiger partial charge in [0.25, 0.3) is 0 Å². The highest BCUT2D eigenvalue weighted by atomic mass is 32.2. The Labute approximate surface area is 135 Å². The summed E-state index contributed by atoms with van der Waals surface area (Å²) < 4.78 is 12.9. The fourth-order valence-electron chi connectivity index (χ4n) is 2.10. The van der Waals surface area contributed by atoms with Crippen molar-refractivity contribution in [3.8, 4) is 0 Å². The minimum Gasteiger partial charge on any atom is -0.335 e. The van der Waals surface area contributed by atoms with Crippen molar-refractivity contribution >= 4 is 17.7 Å². The number of benzene rings is 2. The minimum atomic E-state index is -0.261. The van der Waals surface area contributed by atoms with Crippen LogP contribution in [0.1, 0.15) is 19.4 Å². The molecule has 2 rings (SSSR count). The van der Waals surface area contributed by atoms with Crippen LogP contribution in [0.4, 0.5) is 4.39 Å². The quantitative estimate of drug-likeness (QED) is 0.738. The smallest absolute Gasteiger partial charge is 0.233 e. The van der Waals surface area contributed by atoms with Crippen molar-refractivity contribution in [2.24, 2.45) is 0 Å². The van der Waals surface area contributed by atoms with Crippen LogP contribution in [0.15, 0.2) is 59.5 Å². The van der Waals surface area contributed by atoms with Crippen molar-refractivity contribution in [1.82, 2.24) is 4.90 Å². The van der Waals surface area contributed by atoms with E-state index in [4.69, 9.17) is 0 Å². The molecule has 0 aromatic heterocycles. The Morgan fingerprint density at radius 2 is 1.73 bits per heavy atom. The lowest BCUT2D eigenvalue weighted by Gasteiger charge is -2.27. The zero-order valence-corrected chi connectivity index (χ0v) is 13.6. The summed E-state index contributed by atoms with van der Waals surface area (Å²) in [5.74, 6) is 0.188.